The molecule has 3 aliphatic heterocycles. The minimum absolute atomic E-state index is 0.220. The molecule has 2 amide bonds. The lowest BCUT2D eigenvalue weighted by Gasteiger charge is -2.40. The van der Waals surface area contributed by atoms with Gasteiger partial charge < -0.3 is 34.5 Å². The molecule has 326 valence electrons. The summed E-state index contributed by atoms with van der Waals surface area (Å²) in [6, 6.07) is 17.7. The number of piperazine rings is 1. The maximum Gasteiger partial charge on any atom is 0.234 e. The molecule has 1 unspecified atom stereocenters. The number of imide groups is 1. The SMILES string of the molecule is COc1cc(N2CCC(CN3CCN(c4ccc(C5CCC(=O)NC5=O)c(OC)c4)CC3)CC2)c(-c2cnn(C)c2)cc1Nc1ncc(Cl)c(Nc2ccccc2P(C)(C)=O)n1. The van der Waals surface area contributed by atoms with Gasteiger partial charge in [-0.3, -0.25) is 24.5 Å². The fraction of sp³-hybridized carbons (Fsp3) is 0.400. The number of halogens is 1. The number of nitrogens with one attached hydrogen (secondary N) is 3. The molecule has 17 heteroatoms. The van der Waals surface area contributed by atoms with E-state index in [0.717, 1.165) is 86.7 Å². The van der Waals surface area contributed by atoms with Crippen LogP contribution in [0.25, 0.3) is 11.1 Å². The zero-order valence-corrected chi connectivity index (χ0v) is 37.5. The van der Waals surface area contributed by atoms with Gasteiger partial charge in [0, 0.05) is 111 Å². The van der Waals surface area contributed by atoms with Gasteiger partial charge in [-0.25, -0.2) is 4.98 Å². The summed E-state index contributed by atoms with van der Waals surface area (Å²) < 4.78 is 26.6. The largest absolute Gasteiger partial charge is 0.496 e. The van der Waals surface area contributed by atoms with Crippen LogP contribution in [0.5, 0.6) is 11.5 Å². The van der Waals surface area contributed by atoms with Gasteiger partial charge in [0.1, 0.15) is 23.7 Å². The zero-order chi connectivity index (χ0) is 43.5. The van der Waals surface area contributed by atoms with E-state index in [0.29, 0.717) is 63.7 Å². The average molecular weight is 881 g/mol. The van der Waals surface area contributed by atoms with Crippen molar-refractivity contribution in [1.82, 2.24) is 30.0 Å². The highest BCUT2D eigenvalue weighted by molar-refractivity contribution is 7.70. The number of anilines is 6. The molecule has 5 aromatic rings. The second-order valence-corrected chi connectivity index (χ2v) is 20.2. The van der Waals surface area contributed by atoms with Gasteiger partial charge in [0.25, 0.3) is 0 Å². The minimum Gasteiger partial charge on any atom is -0.496 e. The Balaban J connectivity index is 0.923. The topological polar surface area (TPSA) is 159 Å². The van der Waals surface area contributed by atoms with Crippen LogP contribution >= 0.6 is 18.7 Å². The standard InChI is InChI=1S/C45H54ClN10O5P/c1-53-28-30(25-48-53)34-23-37(50-45-47-26-35(46)43(52-45)49-36-8-6-7-9-41(36)62(4,5)59)40(61-3)24-38(34)56-16-14-29(15-17-56)27-54-18-20-55(21-19-54)31-10-11-32(39(22-31)60-2)33-12-13-42(57)51-44(33)58/h6-11,22-26,28-29,33H,12-21,27H2,1-5H3,(H,51,57,58)(H2,47,49,50,52). The summed E-state index contributed by atoms with van der Waals surface area (Å²) in [5.41, 5.74) is 6.34. The summed E-state index contributed by atoms with van der Waals surface area (Å²) in [5.74, 6) is 1.75. The third-order valence-corrected chi connectivity index (χ3v) is 13.9. The third kappa shape index (κ3) is 9.55. The molecule has 0 radical (unpaired) electrons. The lowest BCUT2D eigenvalue weighted by molar-refractivity contribution is -0.134. The van der Waals surface area contributed by atoms with E-state index in [4.69, 9.17) is 26.1 Å². The maximum atomic E-state index is 13.0. The van der Waals surface area contributed by atoms with Crippen LogP contribution in [0.1, 0.15) is 37.2 Å². The van der Waals surface area contributed by atoms with E-state index >= 15 is 0 Å². The van der Waals surface area contributed by atoms with Crippen LogP contribution in [0.2, 0.25) is 5.02 Å². The van der Waals surface area contributed by atoms with Crippen molar-refractivity contribution in [3.05, 3.63) is 83.8 Å². The Morgan fingerprint density at radius 1 is 0.871 bits per heavy atom. The summed E-state index contributed by atoms with van der Waals surface area (Å²) in [6.07, 6.45) is 8.39. The monoisotopic (exact) mass is 880 g/mol. The quantitative estimate of drug-likeness (QED) is 0.0835. The number of ether oxygens (including phenoxy) is 2. The second-order valence-electron chi connectivity index (χ2n) is 16.6. The van der Waals surface area contributed by atoms with Crippen LogP contribution in [-0.4, -0.2) is 110 Å². The molecule has 8 rings (SSSR count). The molecule has 3 aromatic carbocycles. The Kier molecular flexibility index (Phi) is 12.8. The van der Waals surface area contributed by atoms with Crippen molar-refractivity contribution in [3.63, 3.8) is 0 Å². The van der Waals surface area contributed by atoms with E-state index in [1.807, 2.05) is 55.8 Å². The van der Waals surface area contributed by atoms with E-state index < -0.39 is 7.14 Å². The molecular weight excluding hydrogens is 827 g/mol. The number of hydrogen-bond acceptors (Lipinski definition) is 13. The number of nitrogens with zero attached hydrogens (tertiary/aromatic N) is 7. The first-order chi connectivity index (χ1) is 29.9. The second kappa shape index (κ2) is 18.4. The van der Waals surface area contributed by atoms with E-state index in [1.165, 1.54) is 6.20 Å². The molecule has 3 N–H and O–H groups in total. The lowest BCUT2D eigenvalue weighted by Crippen LogP contribution is -2.49. The van der Waals surface area contributed by atoms with Gasteiger partial charge in [0.2, 0.25) is 17.8 Å². The van der Waals surface area contributed by atoms with Crippen molar-refractivity contribution in [2.45, 2.75) is 31.6 Å². The molecule has 0 saturated carbocycles. The summed E-state index contributed by atoms with van der Waals surface area (Å²) in [4.78, 5) is 40.9. The first-order valence-corrected chi connectivity index (χ1v) is 24.0. The molecule has 0 bridgehead atoms. The van der Waals surface area contributed by atoms with Crippen LogP contribution in [0.3, 0.4) is 0 Å². The smallest absolute Gasteiger partial charge is 0.234 e. The number of rotatable bonds is 13. The minimum atomic E-state index is -2.58. The molecule has 3 aliphatic rings. The number of amides is 2. The van der Waals surface area contributed by atoms with E-state index in [-0.39, 0.29) is 17.7 Å². The Morgan fingerprint density at radius 3 is 2.32 bits per heavy atom. The van der Waals surface area contributed by atoms with Gasteiger partial charge in [-0.05, 0) is 62.8 Å². The molecule has 15 nitrogen and oxygen atoms in total. The number of carbonyl (C=O) groups excluding carboxylic acids is 2. The molecule has 0 aliphatic carbocycles. The fourth-order valence-corrected chi connectivity index (χ4v) is 10.1. The van der Waals surface area contributed by atoms with Crippen LogP contribution in [-0.2, 0) is 21.2 Å². The summed E-state index contributed by atoms with van der Waals surface area (Å²) in [7, 11) is 2.63. The van der Waals surface area contributed by atoms with Gasteiger partial charge in [0.05, 0.1) is 43.9 Å². The predicted octanol–water partition coefficient (Wildman–Crippen LogP) is 6.84. The van der Waals surface area contributed by atoms with Gasteiger partial charge in [-0.15, -0.1) is 0 Å². The van der Waals surface area contributed by atoms with Gasteiger partial charge in [0.15, 0.2) is 5.82 Å². The van der Waals surface area contributed by atoms with E-state index in [9.17, 15) is 14.2 Å². The van der Waals surface area contributed by atoms with E-state index in [1.54, 1.807) is 32.2 Å². The molecule has 2 aromatic heterocycles. The van der Waals surface area contributed by atoms with Gasteiger partial charge >= 0.3 is 0 Å². The highest BCUT2D eigenvalue weighted by atomic mass is 35.5. The van der Waals surface area contributed by atoms with Crippen molar-refractivity contribution in [2.24, 2.45) is 13.0 Å². The first kappa shape index (κ1) is 43.0. The summed E-state index contributed by atoms with van der Waals surface area (Å²) in [5, 5.41) is 14.7. The zero-order valence-electron chi connectivity index (χ0n) is 35.9. The van der Waals surface area contributed by atoms with Crippen molar-refractivity contribution < 1.29 is 23.6 Å². The maximum absolute atomic E-state index is 13.0. The molecule has 3 saturated heterocycles. The van der Waals surface area contributed by atoms with Crippen molar-refractivity contribution in [2.75, 3.05) is 93.8 Å². The molecule has 1 atom stereocenters. The van der Waals surface area contributed by atoms with Gasteiger partial charge in [-0.2, -0.15) is 10.1 Å². The molecule has 62 heavy (non-hydrogen) atoms. The third-order valence-electron chi connectivity index (χ3n) is 12.1. The Hall–Kier alpha value is -5.63. The first-order valence-electron chi connectivity index (χ1n) is 21.0. The van der Waals surface area contributed by atoms with Gasteiger partial charge in [-0.1, -0.05) is 29.8 Å². The van der Waals surface area contributed by atoms with Crippen LogP contribution in [0.4, 0.5) is 34.5 Å². The summed E-state index contributed by atoms with van der Waals surface area (Å²) >= 11 is 6.57. The number of methoxy groups -OCH3 is 2. The highest BCUT2D eigenvalue weighted by Gasteiger charge is 2.31. The Bertz CT molecular complexity index is 2490. The van der Waals surface area contributed by atoms with E-state index in [2.05, 4.69) is 58.9 Å². The number of benzene rings is 3. The normalized spacial score (nSPS) is 17.8. The van der Waals surface area contributed by atoms with Crippen LogP contribution in [0.15, 0.2) is 73.2 Å². The summed E-state index contributed by atoms with van der Waals surface area (Å²) in [6.45, 7) is 10.1. The molecule has 3 fully saturated rings. The fourth-order valence-electron chi connectivity index (χ4n) is 8.79. The van der Waals surface area contributed by atoms with Crippen LogP contribution < -0.4 is 40.5 Å². The lowest BCUT2D eigenvalue weighted by atomic mass is 9.89. The number of hydrogen-bond donors (Lipinski definition) is 3. The number of carbonyl (C=O) groups is 2. The number of aromatic nitrogens is 4. The Labute approximate surface area is 367 Å². The van der Waals surface area contributed by atoms with Crippen LogP contribution in [0, 0.1) is 5.92 Å². The van der Waals surface area contributed by atoms with Crippen molar-refractivity contribution >= 4 is 70.4 Å². The van der Waals surface area contributed by atoms with Crippen molar-refractivity contribution in [1.29, 1.82) is 0 Å². The molecule has 0 spiro atoms. The number of aryl methyl sites for hydroxylation is 1. The number of para-hydroxylation sites is 1. The highest BCUT2D eigenvalue weighted by Crippen LogP contribution is 2.43. The molecular formula is C45H54ClN10O5P. The predicted molar refractivity (Wildman–Crippen MR) is 246 cm³/mol. The number of piperidine rings is 2. The molecule has 5 heterocycles. The average Bonchev–Trinajstić information content (AvgIpc) is 3.71. The Morgan fingerprint density at radius 2 is 1.63 bits per heavy atom. The van der Waals surface area contributed by atoms with Crippen molar-refractivity contribution in [3.8, 4) is 22.6 Å².